The van der Waals surface area contributed by atoms with Gasteiger partial charge in [-0.15, -0.1) is 15.3 Å². The highest BCUT2D eigenvalue weighted by Gasteiger charge is 2.26. The fraction of sp³-hybridized carbons (Fsp3) is 0.455. The zero-order valence-corrected chi connectivity index (χ0v) is 17.7. The van der Waals surface area contributed by atoms with Crippen LogP contribution in [0.5, 0.6) is 0 Å². The van der Waals surface area contributed by atoms with Crippen LogP contribution in [-0.4, -0.2) is 50.6 Å². The number of nitrogens with zero attached hydrogens (tertiary/aromatic N) is 5. The van der Waals surface area contributed by atoms with Crippen molar-refractivity contribution in [2.75, 3.05) is 18.0 Å². The molecule has 0 aliphatic carbocycles. The van der Waals surface area contributed by atoms with Crippen molar-refractivity contribution in [3.05, 3.63) is 42.5 Å². The van der Waals surface area contributed by atoms with Gasteiger partial charge in [-0.1, -0.05) is 30.3 Å². The second-order valence-electron chi connectivity index (χ2n) is 8.58. The quantitative estimate of drug-likeness (QED) is 0.709. The minimum absolute atomic E-state index is 0.160. The van der Waals surface area contributed by atoms with Gasteiger partial charge in [-0.2, -0.15) is 4.52 Å². The molecule has 1 fully saturated rings. The number of nitrogens with one attached hydrogen (secondary N) is 1. The Bertz CT molecular complexity index is 1010. The van der Waals surface area contributed by atoms with Crippen LogP contribution in [-0.2, 0) is 4.74 Å². The Labute approximate surface area is 176 Å². The summed E-state index contributed by atoms with van der Waals surface area (Å²) in [5.74, 6) is 1.57. The van der Waals surface area contributed by atoms with Gasteiger partial charge < -0.3 is 15.0 Å². The van der Waals surface area contributed by atoms with Crippen molar-refractivity contribution in [3.63, 3.8) is 0 Å². The van der Waals surface area contributed by atoms with Gasteiger partial charge in [0.1, 0.15) is 11.4 Å². The zero-order chi connectivity index (χ0) is 21.1. The van der Waals surface area contributed by atoms with E-state index in [-0.39, 0.29) is 12.1 Å². The molecular weight excluding hydrogens is 380 g/mol. The fourth-order valence-electron chi connectivity index (χ4n) is 3.73. The molecule has 1 aliphatic rings. The summed E-state index contributed by atoms with van der Waals surface area (Å²) in [5.41, 5.74) is 1.17. The highest BCUT2D eigenvalue weighted by molar-refractivity contribution is 5.67. The topological polar surface area (TPSA) is 84.6 Å². The number of anilines is 1. The first kappa shape index (κ1) is 20.1. The first-order chi connectivity index (χ1) is 14.4. The number of hydrogen-bond acceptors (Lipinski definition) is 6. The molecule has 2 aromatic heterocycles. The molecule has 1 saturated heterocycles. The number of hydrogen-bond donors (Lipinski definition) is 1. The summed E-state index contributed by atoms with van der Waals surface area (Å²) < 4.78 is 7.17. The third-order valence-corrected chi connectivity index (χ3v) is 5.08. The second kappa shape index (κ2) is 8.30. The van der Waals surface area contributed by atoms with Gasteiger partial charge in [0.25, 0.3) is 0 Å². The van der Waals surface area contributed by atoms with Crippen molar-refractivity contribution in [1.29, 1.82) is 0 Å². The van der Waals surface area contributed by atoms with Crippen molar-refractivity contribution in [2.24, 2.45) is 0 Å². The molecule has 1 N–H and O–H groups in total. The molecule has 1 aromatic carbocycles. The average molecular weight is 409 g/mol. The molecule has 4 rings (SSSR count). The number of piperidine rings is 1. The number of aromatic nitrogens is 4. The van der Waals surface area contributed by atoms with Crippen LogP contribution in [0.2, 0.25) is 0 Å². The highest BCUT2D eigenvalue weighted by Crippen LogP contribution is 2.25. The van der Waals surface area contributed by atoms with Gasteiger partial charge in [-0.3, -0.25) is 0 Å². The van der Waals surface area contributed by atoms with Gasteiger partial charge in [0.05, 0.1) is 0 Å². The maximum Gasteiger partial charge on any atom is 0.407 e. The molecule has 1 amide bonds. The van der Waals surface area contributed by atoms with Crippen LogP contribution in [0.15, 0.2) is 42.5 Å². The SMILES string of the molecule is CC(C)(C)OC(=O)NCC1CCCCN1c1ccc2nnc(-c3ccccc3)n2n1. The maximum atomic E-state index is 12.1. The average Bonchev–Trinajstić information content (AvgIpc) is 3.15. The van der Waals surface area contributed by atoms with Crippen molar-refractivity contribution in [3.8, 4) is 11.4 Å². The lowest BCUT2D eigenvalue weighted by atomic mass is 10.0. The van der Waals surface area contributed by atoms with Crippen LogP contribution in [0.25, 0.3) is 17.0 Å². The molecule has 0 bridgehead atoms. The standard InChI is InChI=1S/C22H28N6O2/c1-22(2,3)30-21(29)23-15-17-11-7-8-14-27(17)19-13-12-18-24-25-20(28(18)26-19)16-9-5-4-6-10-16/h4-6,9-10,12-13,17H,7-8,11,14-15H2,1-3H3,(H,23,29). The van der Waals surface area contributed by atoms with E-state index >= 15 is 0 Å². The molecule has 3 aromatic rings. The molecule has 8 nitrogen and oxygen atoms in total. The van der Waals surface area contributed by atoms with Gasteiger partial charge in [0.2, 0.25) is 0 Å². The summed E-state index contributed by atoms with van der Waals surface area (Å²) in [6.07, 6.45) is 2.82. The third-order valence-electron chi connectivity index (χ3n) is 5.08. The number of fused-ring (bicyclic) bond motifs is 1. The van der Waals surface area contributed by atoms with Crippen LogP contribution in [0.4, 0.5) is 10.6 Å². The molecule has 30 heavy (non-hydrogen) atoms. The smallest absolute Gasteiger partial charge is 0.407 e. The number of ether oxygens (including phenoxy) is 1. The number of benzene rings is 1. The first-order valence-corrected chi connectivity index (χ1v) is 10.4. The normalized spacial score (nSPS) is 17.2. The van der Waals surface area contributed by atoms with Gasteiger partial charge in [0.15, 0.2) is 11.5 Å². The summed E-state index contributed by atoms with van der Waals surface area (Å²) in [6, 6.07) is 14.0. The van der Waals surface area contributed by atoms with Gasteiger partial charge in [0, 0.05) is 24.7 Å². The summed E-state index contributed by atoms with van der Waals surface area (Å²) in [7, 11) is 0. The number of alkyl carbamates (subject to hydrolysis) is 1. The Morgan fingerprint density at radius 1 is 1.13 bits per heavy atom. The summed E-state index contributed by atoms with van der Waals surface area (Å²) in [5, 5.41) is 16.3. The monoisotopic (exact) mass is 408 g/mol. The maximum absolute atomic E-state index is 12.1. The number of carbonyl (C=O) groups is 1. The Balaban J connectivity index is 1.55. The largest absolute Gasteiger partial charge is 0.444 e. The Morgan fingerprint density at radius 2 is 1.93 bits per heavy atom. The minimum Gasteiger partial charge on any atom is -0.444 e. The predicted octanol–water partition coefficient (Wildman–Crippen LogP) is 3.67. The van der Waals surface area contributed by atoms with E-state index in [1.165, 1.54) is 0 Å². The van der Waals surface area contributed by atoms with E-state index in [4.69, 9.17) is 9.84 Å². The first-order valence-electron chi connectivity index (χ1n) is 10.4. The van der Waals surface area contributed by atoms with Crippen molar-refractivity contribution >= 4 is 17.6 Å². The van der Waals surface area contributed by atoms with Crippen molar-refractivity contribution in [1.82, 2.24) is 25.1 Å². The second-order valence-corrected chi connectivity index (χ2v) is 8.58. The van der Waals surface area contributed by atoms with Crippen LogP contribution in [0.1, 0.15) is 40.0 Å². The lowest BCUT2D eigenvalue weighted by Gasteiger charge is -2.36. The summed E-state index contributed by atoms with van der Waals surface area (Å²) >= 11 is 0. The van der Waals surface area contributed by atoms with E-state index in [1.807, 2.05) is 63.2 Å². The van der Waals surface area contributed by atoms with Crippen molar-refractivity contribution < 1.29 is 9.53 Å². The molecule has 0 saturated carbocycles. The van der Waals surface area contributed by atoms with Crippen molar-refractivity contribution in [2.45, 2.75) is 51.7 Å². The van der Waals surface area contributed by atoms with Gasteiger partial charge in [-0.05, 0) is 52.2 Å². The molecule has 8 heteroatoms. The van der Waals surface area contributed by atoms with E-state index in [0.29, 0.717) is 18.0 Å². The lowest BCUT2D eigenvalue weighted by Crippen LogP contribution is -2.48. The van der Waals surface area contributed by atoms with E-state index in [9.17, 15) is 4.79 Å². The third kappa shape index (κ3) is 4.53. The zero-order valence-electron chi connectivity index (χ0n) is 17.7. The van der Waals surface area contributed by atoms with Crippen LogP contribution in [0, 0.1) is 0 Å². The van der Waals surface area contributed by atoms with Crippen LogP contribution >= 0.6 is 0 Å². The van der Waals surface area contributed by atoms with Crippen LogP contribution in [0.3, 0.4) is 0 Å². The highest BCUT2D eigenvalue weighted by atomic mass is 16.6. The predicted molar refractivity (Wildman–Crippen MR) is 115 cm³/mol. The number of rotatable bonds is 4. The van der Waals surface area contributed by atoms with Gasteiger partial charge >= 0.3 is 6.09 Å². The van der Waals surface area contributed by atoms with E-state index in [0.717, 1.165) is 37.2 Å². The Kier molecular flexibility index (Phi) is 5.57. The number of amides is 1. The summed E-state index contributed by atoms with van der Waals surface area (Å²) in [4.78, 5) is 14.4. The Hall–Kier alpha value is -3.16. The molecule has 1 atom stereocenters. The fourth-order valence-corrected chi connectivity index (χ4v) is 3.73. The molecule has 1 aliphatic heterocycles. The molecule has 158 valence electrons. The lowest BCUT2D eigenvalue weighted by molar-refractivity contribution is 0.0523. The van der Waals surface area contributed by atoms with E-state index in [1.54, 1.807) is 4.52 Å². The Morgan fingerprint density at radius 3 is 2.70 bits per heavy atom. The molecule has 1 unspecified atom stereocenters. The summed E-state index contributed by atoms with van der Waals surface area (Å²) in [6.45, 7) is 7.00. The van der Waals surface area contributed by atoms with E-state index < -0.39 is 5.60 Å². The van der Waals surface area contributed by atoms with E-state index in [2.05, 4.69) is 20.4 Å². The van der Waals surface area contributed by atoms with Gasteiger partial charge in [-0.25, -0.2) is 4.79 Å². The molecular formula is C22H28N6O2. The molecule has 0 radical (unpaired) electrons. The minimum atomic E-state index is -0.509. The molecule has 3 heterocycles. The molecule has 0 spiro atoms. The van der Waals surface area contributed by atoms with Crippen LogP contribution < -0.4 is 10.2 Å². The number of carbonyl (C=O) groups excluding carboxylic acids is 1.